The number of halogens is 1. The van der Waals surface area contributed by atoms with Gasteiger partial charge in [0.25, 0.3) is 5.91 Å². The van der Waals surface area contributed by atoms with Crippen LogP contribution in [0.2, 0.25) is 0 Å². The highest BCUT2D eigenvalue weighted by molar-refractivity contribution is 5.96. The van der Waals surface area contributed by atoms with Gasteiger partial charge in [-0.05, 0) is 35.9 Å². The van der Waals surface area contributed by atoms with E-state index in [1.807, 2.05) is 6.07 Å². The van der Waals surface area contributed by atoms with Crippen molar-refractivity contribution in [2.24, 2.45) is 0 Å². The minimum Gasteiger partial charge on any atom is -0.496 e. The molecule has 22 heavy (non-hydrogen) atoms. The summed E-state index contributed by atoms with van der Waals surface area (Å²) >= 11 is 0. The Hall–Kier alpha value is -2.76. The summed E-state index contributed by atoms with van der Waals surface area (Å²) in [4.78, 5) is 12.2. The van der Waals surface area contributed by atoms with Crippen LogP contribution in [-0.2, 0) is 6.54 Å². The third-order valence-corrected chi connectivity index (χ3v) is 3.30. The number of methoxy groups -OCH3 is 1. The molecule has 114 valence electrons. The Balaban J connectivity index is 1.71. The minimum absolute atomic E-state index is 0.156. The number of carbonyl (C=O) groups excluding carboxylic acids is 1. The predicted octanol–water partition coefficient (Wildman–Crippen LogP) is 2.49. The Morgan fingerprint density at radius 1 is 1.23 bits per heavy atom. The van der Waals surface area contributed by atoms with E-state index in [2.05, 4.69) is 5.32 Å². The molecule has 0 aromatic heterocycles. The highest BCUT2D eigenvalue weighted by Gasteiger charge is 2.15. The molecule has 1 N–H and O–H groups in total. The third kappa shape index (κ3) is 2.81. The van der Waals surface area contributed by atoms with E-state index < -0.39 is 11.7 Å². The summed E-state index contributed by atoms with van der Waals surface area (Å²) in [6.07, 6.45) is 0. The van der Waals surface area contributed by atoms with Gasteiger partial charge >= 0.3 is 0 Å². The monoisotopic (exact) mass is 303 g/mol. The number of hydrogen-bond acceptors (Lipinski definition) is 4. The smallest absolute Gasteiger partial charge is 0.255 e. The molecular weight excluding hydrogens is 289 g/mol. The van der Waals surface area contributed by atoms with Crippen molar-refractivity contribution in [1.29, 1.82) is 0 Å². The van der Waals surface area contributed by atoms with Gasteiger partial charge < -0.3 is 19.5 Å². The summed E-state index contributed by atoms with van der Waals surface area (Å²) in [7, 11) is 1.43. The van der Waals surface area contributed by atoms with Crippen molar-refractivity contribution in [3.63, 3.8) is 0 Å². The van der Waals surface area contributed by atoms with Crippen LogP contribution in [0.1, 0.15) is 15.9 Å². The lowest BCUT2D eigenvalue weighted by atomic mass is 10.1. The molecule has 2 aromatic rings. The largest absolute Gasteiger partial charge is 0.496 e. The lowest BCUT2D eigenvalue weighted by Gasteiger charge is -2.10. The summed E-state index contributed by atoms with van der Waals surface area (Å²) in [5.41, 5.74) is 1.01. The maximum atomic E-state index is 13.3. The normalized spacial score (nSPS) is 12.1. The fraction of sp³-hybridized carbons (Fsp3) is 0.188. The van der Waals surface area contributed by atoms with Crippen molar-refractivity contribution in [2.45, 2.75) is 6.54 Å². The fourth-order valence-electron chi connectivity index (χ4n) is 2.19. The standard InChI is InChI=1S/C16H14FNO4/c1-20-13-5-3-11(17)7-12(13)16(19)18-8-10-2-4-14-15(6-10)22-9-21-14/h2-7H,8-9H2,1H3,(H,18,19). The van der Waals surface area contributed by atoms with E-state index >= 15 is 0 Å². The zero-order valence-electron chi connectivity index (χ0n) is 11.9. The van der Waals surface area contributed by atoms with Gasteiger partial charge in [0.15, 0.2) is 11.5 Å². The van der Waals surface area contributed by atoms with Crippen LogP contribution in [-0.4, -0.2) is 19.8 Å². The van der Waals surface area contributed by atoms with Crippen LogP contribution in [0, 0.1) is 5.82 Å². The van der Waals surface area contributed by atoms with E-state index in [1.165, 1.54) is 19.2 Å². The van der Waals surface area contributed by atoms with E-state index in [9.17, 15) is 9.18 Å². The average molecular weight is 303 g/mol. The average Bonchev–Trinajstić information content (AvgIpc) is 3.00. The molecule has 0 saturated carbocycles. The van der Waals surface area contributed by atoms with Crippen molar-refractivity contribution in [3.8, 4) is 17.2 Å². The van der Waals surface area contributed by atoms with Gasteiger partial charge in [0, 0.05) is 6.54 Å². The Kier molecular flexibility index (Phi) is 3.82. The van der Waals surface area contributed by atoms with Gasteiger partial charge in [0.05, 0.1) is 12.7 Å². The number of ether oxygens (including phenoxy) is 3. The van der Waals surface area contributed by atoms with Crippen LogP contribution in [0.4, 0.5) is 4.39 Å². The number of amides is 1. The summed E-state index contributed by atoms with van der Waals surface area (Å²) in [6, 6.07) is 9.22. The van der Waals surface area contributed by atoms with Gasteiger partial charge in [-0.25, -0.2) is 4.39 Å². The van der Waals surface area contributed by atoms with Gasteiger partial charge in [-0.1, -0.05) is 6.07 Å². The van der Waals surface area contributed by atoms with Gasteiger partial charge in [-0.2, -0.15) is 0 Å². The zero-order valence-corrected chi connectivity index (χ0v) is 11.9. The number of hydrogen-bond donors (Lipinski definition) is 1. The van der Waals surface area contributed by atoms with Crippen LogP contribution >= 0.6 is 0 Å². The fourth-order valence-corrected chi connectivity index (χ4v) is 2.19. The van der Waals surface area contributed by atoms with Crippen molar-refractivity contribution in [3.05, 3.63) is 53.3 Å². The number of nitrogens with one attached hydrogen (secondary N) is 1. The van der Waals surface area contributed by atoms with Crippen LogP contribution in [0.25, 0.3) is 0 Å². The first-order valence-electron chi connectivity index (χ1n) is 6.67. The molecular formula is C16H14FNO4. The van der Waals surface area contributed by atoms with E-state index in [1.54, 1.807) is 12.1 Å². The molecule has 0 atom stereocenters. The number of rotatable bonds is 4. The molecule has 0 fully saturated rings. The number of fused-ring (bicyclic) bond motifs is 1. The van der Waals surface area contributed by atoms with E-state index in [0.717, 1.165) is 11.6 Å². The highest BCUT2D eigenvalue weighted by Crippen LogP contribution is 2.32. The maximum absolute atomic E-state index is 13.3. The minimum atomic E-state index is -0.492. The molecule has 0 spiro atoms. The van der Waals surface area contributed by atoms with Crippen molar-refractivity contribution < 1.29 is 23.4 Å². The summed E-state index contributed by atoms with van der Waals surface area (Å²) in [6.45, 7) is 0.487. The van der Waals surface area contributed by atoms with Crippen LogP contribution in [0.15, 0.2) is 36.4 Å². The van der Waals surface area contributed by atoms with Crippen LogP contribution in [0.5, 0.6) is 17.2 Å². The van der Waals surface area contributed by atoms with E-state index in [0.29, 0.717) is 17.2 Å². The topological polar surface area (TPSA) is 56.8 Å². The second kappa shape index (κ2) is 5.93. The second-order valence-electron chi connectivity index (χ2n) is 4.71. The molecule has 3 rings (SSSR count). The van der Waals surface area contributed by atoms with Crippen molar-refractivity contribution in [2.75, 3.05) is 13.9 Å². The first-order chi connectivity index (χ1) is 10.7. The second-order valence-corrected chi connectivity index (χ2v) is 4.71. The van der Waals surface area contributed by atoms with Gasteiger partial charge in [-0.15, -0.1) is 0 Å². The number of benzene rings is 2. The van der Waals surface area contributed by atoms with Gasteiger partial charge in [0.1, 0.15) is 11.6 Å². The zero-order chi connectivity index (χ0) is 15.5. The lowest BCUT2D eigenvalue weighted by Crippen LogP contribution is -2.23. The molecule has 1 aliphatic rings. The Bertz CT molecular complexity index is 717. The molecule has 6 heteroatoms. The molecule has 0 aliphatic carbocycles. The molecule has 0 saturated heterocycles. The van der Waals surface area contributed by atoms with Crippen LogP contribution < -0.4 is 19.5 Å². The quantitative estimate of drug-likeness (QED) is 0.943. The Labute approximate surface area is 126 Å². The highest BCUT2D eigenvalue weighted by atomic mass is 19.1. The molecule has 1 aliphatic heterocycles. The molecule has 0 radical (unpaired) electrons. The molecule has 5 nitrogen and oxygen atoms in total. The SMILES string of the molecule is COc1ccc(F)cc1C(=O)NCc1ccc2c(c1)OCO2. The maximum Gasteiger partial charge on any atom is 0.255 e. The van der Waals surface area contributed by atoms with E-state index in [4.69, 9.17) is 14.2 Å². The predicted molar refractivity (Wildman–Crippen MR) is 76.7 cm³/mol. The molecule has 1 heterocycles. The summed E-state index contributed by atoms with van der Waals surface area (Å²) in [5.74, 6) is 0.754. The Morgan fingerprint density at radius 3 is 2.86 bits per heavy atom. The third-order valence-electron chi connectivity index (χ3n) is 3.30. The van der Waals surface area contributed by atoms with Crippen LogP contribution in [0.3, 0.4) is 0 Å². The summed E-state index contributed by atoms with van der Waals surface area (Å²) in [5, 5.41) is 2.73. The molecule has 2 aromatic carbocycles. The number of carbonyl (C=O) groups is 1. The van der Waals surface area contributed by atoms with Crippen molar-refractivity contribution in [1.82, 2.24) is 5.32 Å². The van der Waals surface area contributed by atoms with Gasteiger partial charge in [-0.3, -0.25) is 4.79 Å². The summed E-state index contributed by atoms with van der Waals surface area (Å²) < 4.78 is 28.9. The first kappa shape index (κ1) is 14.2. The first-order valence-corrected chi connectivity index (χ1v) is 6.67. The lowest BCUT2D eigenvalue weighted by molar-refractivity contribution is 0.0947. The van der Waals surface area contributed by atoms with E-state index in [-0.39, 0.29) is 18.9 Å². The molecule has 1 amide bonds. The molecule has 0 bridgehead atoms. The van der Waals surface area contributed by atoms with Gasteiger partial charge in [0.2, 0.25) is 6.79 Å². The molecule has 0 unspecified atom stereocenters. The Morgan fingerprint density at radius 2 is 2.05 bits per heavy atom. The van der Waals surface area contributed by atoms with Crippen molar-refractivity contribution >= 4 is 5.91 Å².